The molecule has 0 radical (unpaired) electrons. The molecule has 2 rings (SSSR count). The van der Waals surface area contributed by atoms with E-state index in [1.807, 2.05) is 6.07 Å². The molecule has 7 nitrogen and oxygen atoms in total. The van der Waals surface area contributed by atoms with Gasteiger partial charge >= 0.3 is 6.09 Å². The summed E-state index contributed by atoms with van der Waals surface area (Å²) in [5.74, 6) is 0.730. The Morgan fingerprint density at radius 3 is 2.46 bits per heavy atom. The molecule has 0 spiro atoms. The zero-order valence-corrected chi connectivity index (χ0v) is 14.0. The number of carbonyl (C=O) groups is 1. The number of rotatable bonds is 6. The first-order valence-electron chi connectivity index (χ1n) is 7.73. The van der Waals surface area contributed by atoms with E-state index in [4.69, 9.17) is 15.1 Å². The van der Waals surface area contributed by atoms with Crippen molar-refractivity contribution in [1.29, 1.82) is 5.26 Å². The Kier molecular flexibility index (Phi) is 6.04. The summed E-state index contributed by atoms with van der Waals surface area (Å²) in [6, 6.07) is 7.88. The zero-order valence-electron chi connectivity index (χ0n) is 13.2. The van der Waals surface area contributed by atoms with Gasteiger partial charge < -0.3 is 14.7 Å². The molecule has 0 unspecified atom stereocenters. The Bertz CT molecular complexity index is 701. The van der Waals surface area contributed by atoms with Gasteiger partial charge in [-0.1, -0.05) is 0 Å². The molecule has 1 aromatic rings. The molecule has 1 saturated heterocycles. The molecule has 1 aromatic carbocycles. The molecule has 24 heavy (non-hydrogen) atoms. The lowest BCUT2D eigenvalue weighted by Crippen LogP contribution is -2.37. The molecule has 1 aliphatic rings. The van der Waals surface area contributed by atoms with Crippen LogP contribution >= 0.6 is 0 Å². The highest BCUT2D eigenvalue weighted by Crippen LogP contribution is 2.24. The maximum atomic E-state index is 12.4. The molecule has 130 valence electrons. The SMILES string of the molecule is N#CCOc1ccc(S(=O)(=O)CCC2CCN(C(=O)O)CC2)cc1. The van der Waals surface area contributed by atoms with Crippen LogP contribution in [0.1, 0.15) is 19.3 Å². The van der Waals surface area contributed by atoms with Crippen molar-refractivity contribution in [2.24, 2.45) is 5.92 Å². The minimum atomic E-state index is -3.38. The van der Waals surface area contributed by atoms with Crippen LogP contribution in [0.5, 0.6) is 5.75 Å². The summed E-state index contributed by atoms with van der Waals surface area (Å²) in [7, 11) is -3.38. The van der Waals surface area contributed by atoms with E-state index in [0.717, 1.165) is 0 Å². The van der Waals surface area contributed by atoms with Crippen molar-refractivity contribution >= 4 is 15.9 Å². The highest BCUT2D eigenvalue weighted by molar-refractivity contribution is 7.91. The Labute approximate surface area is 141 Å². The van der Waals surface area contributed by atoms with Crippen molar-refractivity contribution in [3.05, 3.63) is 24.3 Å². The van der Waals surface area contributed by atoms with Crippen LogP contribution in [0.15, 0.2) is 29.2 Å². The third-order valence-corrected chi connectivity index (χ3v) is 5.93. The van der Waals surface area contributed by atoms with E-state index in [1.165, 1.54) is 29.2 Å². The topological polar surface area (TPSA) is 108 Å². The van der Waals surface area contributed by atoms with Gasteiger partial charge in [0.15, 0.2) is 16.4 Å². The van der Waals surface area contributed by atoms with E-state index >= 15 is 0 Å². The fourth-order valence-corrected chi connectivity index (χ4v) is 4.14. The van der Waals surface area contributed by atoms with Crippen molar-refractivity contribution in [2.75, 3.05) is 25.4 Å². The summed E-state index contributed by atoms with van der Waals surface area (Å²) in [5.41, 5.74) is 0. The molecule has 0 atom stereocenters. The lowest BCUT2D eigenvalue weighted by atomic mass is 9.95. The number of nitrogens with zero attached hydrogens (tertiary/aromatic N) is 2. The predicted molar refractivity (Wildman–Crippen MR) is 86.5 cm³/mol. The number of ether oxygens (including phenoxy) is 1. The molecule has 0 saturated carbocycles. The highest BCUT2D eigenvalue weighted by Gasteiger charge is 2.24. The summed E-state index contributed by atoms with van der Waals surface area (Å²) in [4.78, 5) is 12.5. The average Bonchev–Trinajstić information content (AvgIpc) is 2.59. The zero-order chi connectivity index (χ0) is 17.6. The maximum Gasteiger partial charge on any atom is 0.407 e. The number of amides is 1. The number of hydrogen-bond donors (Lipinski definition) is 1. The normalized spacial score (nSPS) is 15.7. The van der Waals surface area contributed by atoms with Gasteiger partial charge in [-0.15, -0.1) is 0 Å². The van der Waals surface area contributed by atoms with Crippen molar-refractivity contribution < 1.29 is 23.1 Å². The van der Waals surface area contributed by atoms with Gasteiger partial charge in [-0.3, -0.25) is 0 Å². The smallest absolute Gasteiger partial charge is 0.407 e. The van der Waals surface area contributed by atoms with Gasteiger partial charge in [0.1, 0.15) is 11.8 Å². The first-order valence-corrected chi connectivity index (χ1v) is 9.38. The molecule has 1 fully saturated rings. The van der Waals surface area contributed by atoms with Crippen molar-refractivity contribution in [2.45, 2.75) is 24.2 Å². The molecular weight excluding hydrogens is 332 g/mol. The number of carboxylic acid groups (broad SMARTS) is 1. The monoisotopic (exact) mass is 352 g/mol. The first-order chi connectivity index (χ1) is 11.4. The van der Waals surface area contributed by atoms with Crippen molar-refractivity contribution in [1.82, 2.24) is 4.90 Å². The maximum absolute atomic E-state index is 12.4. The first kappa shape index (κ1) is 18.1. The van der Waals surface area contributed by atoms with Crippen molar-refractivity contribution in [3.8, 4) is 11.8 Å². The quantitative estimate of drug-likeness (QED) is 0.840. The van der Waals surface area contributed by atoms with Crippen LogP contribution < -0.4 is 4.74 Å². The summed E-state index contributed by atoms with van der Waals surface area (Å²) < 4.78 is 29.8. The Balaban J connectivity index is 1.87. The lowest BCUT2D eigenvalue weighted by molar-refractivity contribution is 0.124. The molecule has 1 amide bonds. The largest absolute Gasteiger partial charge is 0.479 e. The number of benzene rings is 1. The van der Waals surface area contributed by atoms with Gasteiger partial charge in [-0.25, -0.2) is 13.2 Å². The van der Waals surface area contributed by atoms with E-state index in [1.54, 1.807) is 0 Å². The van der Waals surface area contributed by atoms with Crippen molar-refractivity contribution in [3.63, 3.8) is 0 Å². The Hall–Kier alpha value is -2.27. The Morgan fingerprint density at radius 2 is 1.92 bits per heavy atom. The third kappa shape index (κ3) is 4.86. The van der Waals surface area contributed by atoms with Gasteiger partial charge in [0.2, 0.25) is 0 Å². The van der Waals surface area contributed by atoms with E-state index in [0.29, 0.717) is 38.1 Å². The van der Waals surface area contributed by atoms with E-state index < -0.39 is 15.9 Å². The molecule has 8 heteroatoms. The van der Waals surface area contributed by atoms with Crippen LogP contribution in [0.2, 0.25) is 0 Å². The minimum absolute atomic E-state index is 0.0448. The second kappa shape index (κ2) is 8.02. The fourth-order valence-electron chi connectivity index (χ4n) is 2.71. The minimum Gasteiger partial charge on any atom is -0.479 e. The standard InChI is InChI=1S/C16H20N2O5S/c17-8-11-23-14-1-3-15(4-2-14)24(21,22)12-7-13-5-9-18(10-6-13)16(19)20/h1-4,13H,5-7,9-12H2,(H,19,20). The number of likely N-dealkylation sites (tertiary alicyclic amines) is 1. The Morgan fingerprint density at radius 1 is 1.29 bits per heavy atom. The number of nitriles is 1. The van der Waals surface area contributed by atoms with Crippen LogP contribution in [0.4, 0.5) is 4.79 Å². The van der Waals surface area contributed by atoms with Crippen LogP contribution in [-0.4, -0.2) is 50.0 Å². The number of hydrogen-bond acceptors (Lipinski definition) is 5. The van der Waals surface area contributed by atoms with Crippen LogP contribution in [0, 0.1) is 17.2 Å². The van der Waals surface area contributed by atoms with Crippen LogP contribution in [-0.2, 0) is 9.84 Å². The van der Waals surface area contributed by atoms with Gasteiger partial charge in [0.25, 0.3) is 0 Å². The fraction of sp³-hybridized carbons (Fsp3) is 0.500. The van der Waals surface area contributed by atoms with E-state index in [2.05, 4.69) is 0 Å². The average molecular weight is 352 g/mol. The summed E-state index contributed by atoms with van der Waals surface area (Å²) in [6.45, 7) is 0.844. The second-order valence-electron chi connectivity index (χ2n) is 5.74. The number of sulfone groups is 1. The third-order valence-electron chi connectivity index (χ3n) is 4.17. The molecule has 1 N–H and O–H groups in total. The number of piperidine rings is 1. The summed E-state index contributed by atoms with van der Waals surface area (Å²) in [6.07, 6.45) is 1.01. The second-order valence-corrected chi connectivity index (χ2v) is 7.85. The molecule has 1 heterocycles. The lowest BCUT2D eigenvalue weighted by Gasteiger charge is -2.29. The van der Waals surface area contributed by atoms with Gasteiger partial charge in [-0.2, -0.15) is 5.26 Å². The van der Waals surface area contributed by atoms with E-state index in [9.17, 15) is 13.2 Å². The molecule has 0 bridgehead atoms. The van der Waals surface area contributed by atoms with Gasteiger partial charge in [0.05, 0.1) is 10.6 Å². The summed E-state index contributed by atoms with van der Waals surface area (Å²) >= 11 is 0. The van der Waals surface area contributed by atoms with Crippen LogP contribution in [0.25, 0.3) is 0 Å². The molecule has 1 aliphatic heterocycles. The highest BCUT2D eigenvalue weighted by atomic mass is 32.2. The van der Waals surface area contributed by atoms with Gasteiger partial charge in [0, 0.05) is 13.1 Å². The van der Waals surface area contributed by atoms with E-state index in [-0.39, 0.29) is 23.2 Å². The van der Waals surface area contributed by atoms with Crippen LogP contribution in [0.3, 0.4) is 0 Å². The molecule has 0 aliphatic carbocycles. The summed E-state index contributed by atoms with van der Waals surface area (Å²) in [5, 5.41) is 17.4. The predicted octanol–water partition coefficient (Wildman–Crippen LogP) is 2.14. The van der Waals surface area contributed by atoms with Gasteiger partial charge in [-0.05, 0) is 49.4 Å². The molecule has 0 aromatic heterocycles. The molecular formula is C16H20N2O5S.